The Morgan fingerprint density at radius 1 is 1.47 bits per heavy atom. The van der Waals surface area contributed by atoms with E-state index in [1.807, 2.05) is 0 Å². The van der Waals surface area contributed by atoms with Crippen molar-refractivity contribution in [3.05, 3.63) is 0 Å². The van der Waals surface area contributed by atoms with Crippen molar-refractivity contribution < 1.29 is 18.3 Å². The van der Waals surface area contributed by atoms with Gasteiger partial charge in [0, 0.05) is 5.54 Å². The largest absolute Gasteiger partial charge is 0.401 e. The van der Waals surface area contributed by atoms with E-state index in [1.165, 1.54) is 11.9 Å². The molecule has 1 rings (SSSR count). The molecule has 0 aliphatic heterocycles. The van der Waals surface area contributed by atoms with E-state index < -0.39 is 18.3 Å². The molecule has 17 heavy (non-hydrogen) atoms. The molecule has 0 aromatic heterocycles. The van der Waals surface area contributed by atoms with Crippen molar-refractivity contribution in [1.82, 2.24) is 4.90 Å². The van der Waals surface area contributed by atoms with Crippen LogP contribution in [0.1, 0.15) is 25.7 Å². The number of hydrogen-bond acceptors (Lipinski definition) is 3. The zero-order chi connectivity index (χ0) is 13.1. The van der Waals surface area contributed by atoms with Gasteiger partial charge >= 0.3 is 6.18 Å². The maximum Gasteiger partial charge on any atom is 0.401 e. The monoisotopic (exact) mass is 254 g/mol. The van der Waals surface area contributed by atoms with Gasteiger partial charge in [0.1, 0.15) is 0 Å². The van der Waals surface area contributed by atoms with Gasteiger partial charge in [0.25, 0.3) is 0 Å². The van der Waals surface area contributed by atoms with Crippen molar-refractivity contribution in [2.75, 3.05) is 26.7 Å². The minimum atomic E-state index is -4.15. The van der Waals surface area contributed by atoms with Gasteiger partial charge in [0.2, 0.25) is 0 Å². The average molecular weight is 254 g/mol. The lowest BCUT2D eigenvalue weighted by Crippen LogP contribution is -2.48. The Hall–Kier alpha value is -0.330. The van der Waals surface area contributed by atoms with Crippen LogP contribution in [0.5, 0.6) is 0 Å². The van der Waals surface area contributed by atoms with Crippen molar-refractivity contribution in [3.63, 3.8) is 0 Å². The summed E-state index contributed by atoms with van der Waals surface area (Å²) in [4.78, 5) is 1.26. The lowest BCUT2D eigenvalue weighted by Gasteiger charge is -2.30. The third kappa shape index (κ3) is 4.44. The maximum atomic E-state index is 12.1. The van der Waals surface area contributed by atoms with Crippen molar-refractivity contribution in [3.8, 4) is 0 Å². The third-order valence-corrected chi connectivity index (χ3v) is 3.61. The SMILES string of the molecule is CN(CCC1CCCC1(N)CO)CC(F)(F)F. The molecule has 2 unspecified atom stereocenters. The van der Waals surface area contributed by atoms with E-state index in [2.05, 4.69) is 0 Å². The fourth-order valence-corrected chi connectivity index (χ4v) is 2.57. The van der Waals surface area contributed by atoms with E-state index in [0.29, 0.717) is 13.0 Å². The highest BCUT2D eigenvalue weighted by Gasteiger charge is 2.39. The van der Waals surface area contributed by atoms with Crippen LogP contribution in [-0.4, -0.2) is 48.5 Å². The number of nitrogens with zero attached hydrogens (tertiary/aromatic N) is 1. The average Bonchev–Trinajstić information content (AvgIpc) is 2.55. The standard InChI is InChI=1S/C11H21F3N2O/c1-16(7-11(12,13)14)6-4-9-3-2-5-10(9,15)8-17/h9,17H,2-8,15H2,1H3. The molecule has 0 spiro atoms. The van der Waals surface area contributed by atoms with E-state index >= 15 is 0 Å². The molecule has 102 valence electrons. The zero-order valence-corrected chi connectivity index (χ0v) is 10.1. The molecule has 3 nitrogen and oxygen atoms in total. The first-order valence-electron chi connectivity index (χ1n) is 5.92. The highest BCUT2D eigenvalue weighted by atomic mass is 19.4. The van der Waals surface area contributed by atoms with Crippen LogP contribution in [0.15, 0.2) is 0 Å². The summed E-state index contributed by atoms with van der Waals surface area (Å²) < 4.78 is 36.4. The zero-order valence-electron chi connectivity index (χ0n) is 10.1. The molecule has 1 saturated carbocycles. The number of rotatable bonds is 5. The van der Waals surface area contributed by atoms with Crippen LogP contribution in [0, 0.1) is 5.92 Å². The Morgan fingerprint density at radius 2 is 2.12 bits per heavy atom. The van der Waals surface area contributed by atoms with Crippen LogP contribution in [0.3, 0.4) is 0 Å². The first-order chi connectivity index (χ1) is 7.77. The lowest BCUT2D eigenvalue weighted by atomic mass is 9.86. The fourth-order valence-electron chi connectivity index (χ4n) is 2.57. The summed E-state index contributed by atoms with van der Waals surface area (Å²) in [6.45, 7) is -0.611. The minimum Gasteiger partial charge on any atom is -0.394 e. The van der Waals surface area contributed by atoms with Gasteiger partial charge in [0.05, 0.1) is 13.2 Å². The van der Waals surface area contributed by atoms with Crippen LogP contribution in [0.25, 0.3) is 0 Å². The van der Waals surface area contributed by atoms with Gasteiger partial charge in [-0.25, -0.2) is 0 Å². The quantitative estimate of drug-likeness (QED) is 0.779. The predicted molar refractivity (Wildman–Crippen MR) is 59.5 cm³/mol. The van der Waals surface area contributed by atoms with Gasteiger partial charge < -0.3 is 10.8 Å². The smallest absolute Gasteiger partial charge is 0.394 e. The van der Waals surface area contributed by atoms with Gasteiger partial charge in [0.15, 0.2) is 0 Å². The predicted octanol–water partition coefficient (Wildman–Crippen LogP) is 1.36. The molecule has 0 radical (unpaired) electrons. The maximum absolute atomic E-state index is 12.1. The van der Waals surface area contributed by atoms with Crippen molar-refractivity contribution in [2.24, 2.45) is 11.7 Å². The number of halogens is 3. The highest BCUT2D eigenvalue weighted by Crippen LogP contribution is 2.35. The van der Waals surface area contributed by atoms with E-state index in [4.69, 9.17) is 5.73 Å². The van der Waals surface area contributed by atoms with Crippen LogP contribution in [0.4, 0.5) is 13.2 Å². The van der Waals surface area contributed by atoms with Crippen LogP contribution < -0.4 is 5.73 Å². The third-order valence-electron chi connectivity index (χ3n) is 3.61. The lowest BCUT2D eigenvalue weighted by molar-refractivity contribution is -0.143. The summed E-state index contributed by atoms with van der Waals surface area (Å²) in [6.07, 6.45) is -0.927. The Kier molecular flexibility index (Phi) is 4.80. The van der Waals surface area contributed by atoms with Crippen molar-refractivity contribution in [2.45, 2.75) is 37.4 Å². The van der Waals surface area contributed by atoms with Crippen LogP contribution >= 0.6 is 0 Å². The van der Waals surface area contributed by atoms with Gasteiger partial charge in [-0.3, -0.25) is 4.90 Å². The van der Waals surface area contributed by atoms with E-state index in [-0.39, 0.29) is 12.5 Å². The second kappa shape index (κ2) is 5.54. The molecule has 0 heterocycles. The first kappa shape index (κ1) is 14.7. The normalized spacial score (nSPS) is 30.2. The van der Waals surface area contributed by atoms with Crippen molar-refractivity contribution in [1.29, 1.82) is 0 Å². The fraction of sp³-hybridized carbons (Fsp3) is 1.00. The number of hydrogen-bond donors (Lipinski definition) is 2. The van der Waals surface area contributed by atoms with Crippen molar-refractivity contribution >= 4 is 0 Å². The molecule has 0 aromatic rings. The van der Waals surface area contributed by atoms with Crippen LogP contribution in [-0.2, 0) is 0 Å². The molecule has 0 bridgehead atoms. The summed E-state index contributed by atoms with van der Waals surface area (Å²) in [7, 11) is 1.46. The number of nitrogens with two attached hydrogens (primary N) is 1. The topological polar surface area (TPSA) is 49.5 Å². The molecule has 0 saturated heterocycles. The van der Waals surface area contributed by atoms with Gasteiger partial charge in [-0.1, -0.05) is 6.42 Å². The molecule has 2 atom stereocenters. The van der Waals surface area contributed by atoms with E-state index in [9.17, 15) is 18.3 Å². The molecule has 1 aliphatic carbocycles. The van der Waals surface area contributed by atoms with Crippen LogP contribution in [0.2, 0.25) is 0 Å². The molecular weight excluding hydrogens is 233 g/mol. The Morgan fingerprint density at radius 3 is 2.65 bits per heavy atom. The summed E-state index contributed by atoms with van der Waals surface area (Å²) in [5.41, 5.74) is 5.44. The molecular formula is C11H21F3N2O. The summed E-state index contributed by atoms with van der Waals surface area (Å²) in [6, 6.07) is 0. The number of aliphatic hydroxyl groups excluding tert-OH is 1. The highest BCUT2D eigenvalue weighted by molar-refractivity contribution is 4.96. The molecule has 0 aromatic carbocycles. The van der Waals surface area contributed by atoms with E-state index in [0.717, 1.165) is 19.3 Å². The van der Waals surface area contributed by atoms with Gasteiger partial charge in [-0.05, 0) is 38.8 Å². The molecule has 0 amide bonds. The minimum absolute atomic E-state index is 0.0827. The summed E-state index contributed by atoms with van der Waals surface area (Å²) in [5, 5.41) is 9.23. The molecule has 1 fully saturated rings. The number of aliphatic hydroxyl groups is 1. The molecule has 1 aliphatic rings. The Bertz CT molecular complexity index is 247. The summed E-state index contributed by atoms with van der Waals surface area (Å²) in [5.74, 6) is 0.128. The first-order valence-corrected chi connectivity index (χ1v) is 5.92. The molecule has 3 N–H and O–H groups in total. The Balaban J connectivity index is 2.35. The Labute approximate surface area is 99.8 Å². The van der Waals surface area contributed by atoms with E-state index in [1.54, 1.807) is 0 Å². The number of alkyl halides is 3. The molecule has 6 heteroatoms. The second-order valence-corrected chi connectivity index (χ2v) is 5.12. The van der Waals surface area contributed by atoms with Gasteiger partial charge in [-0.2, -0.15) is 13.2 Å². The van der Waals surface area contributed by atoms with Gasteiger partial charge in [-0.15, -0.1) is 0 Å². The second-order valence-electron chi connectivity index (χ2n) is 5.12. The summed E-state index contributed by atoms with van der Waals surface area (Å²) >= 11 is 0.